The fourth-order valence-corrected chi connectivity index (χ4v) is 1.83. The minimum atomic E-state index is -0.938. The van der Waals surface area contributed by atoms with Gasteiger partial charge in [0.05, 0.1) is 12.7 Å². The fourth-order valence-electron chi connectivity index (χ4n) is 1.83. The third-order valence-corrected chi connectivity index (χ3v) is 2.81. The Morgan fingerprint density at radius 2 is 2.15 bits per heavy atom. The van der Waals surface area contributed by atoms with Crippen LogP contribution in [0.1, 0.15) is 39.7 Å². The Kier molecular flexibility index (Phi) is 6.17. The van der Waals surface area contributed by atoms with Gasteiger partial charge in [-0.25, -0.2) is 4.68 Å². The van der Waals surface area contributed by atoms with Crippen LogP contribution in [0.25, 0.3) is 0 Å². The molecule has 7 nitrogen and oxygen atoms in total. The Labute approximate surface area is 118 Å². The molecule has 1 atom stereocenters. The van der Waals surface area contributed by atoms with E-state index < -0.39 is 12.0 Å². The zero-order chi connectivity index (χ0) is 15.1. The maximum absolute atomic E-state index is 11.8. The van der Waals surface area contributed by atoms with Crippen LogP contribution in [0.15, 0.2) is 12.3 Å². The number of aromatic nitrogens is 2. The van der Waals surface area contributed by atoms with Crippen molar-refractivity contribution in [1.82, 2.24) is 15.1 Å². The highest BCUT2D eigenvalue weighted by Gasteiger charge is 2.17. The molecule has 0 aliphatic carbocycles. The SMILES string of the molecule is CCCC(NCC(=O)Nc1ccnn1C(C)C)C(=O)O. The molecule has 20 heavy (non-hydrogen) atoms. The molecule has 1 aromatic rings. The maximum Gasteiger partial charge on any atom is 0.320 e. The zero-order valence-electron chi connectivity index (χ0n) is 12.1. The van der Waals surface area contributed by atoms with Crippen LogP contribution in [0.5, 0.6) is 0 Å². The number of amides is 1. The molecule has 0 fully saturated rings. The molecule has 112 valence electrons. The number of aliphatic carboxylic acids is 1. The van der Waals surface area contributed by atoms with Crippen molar-refractivity contribution in [2.75, 3.05) is 11.9 Å². The van der Waals surface area contributed by atoms with Crippen molar-refractivity contribution < 1.29 is 14.7 Å². The molecule has 0 aromatic carbocycles. The predicted molar refractivity (Wildman–Crippen MR) is 75.6 cm³/mol. The van der Waals surface area contributed by atoms with Gasteiger partial charge < -0.3 is 10.4 Å². The summed E-state index contributed by atoms with van der Waals surface area (Å²) in [5.74, 6) is -0.615. The van der Waals surface area contributed by atoms with Crippen LogP contribution >= 0.6 is 0 Å². The van der Waals surface area contributed by atoms with Gasteiger partial charge in [-0.05, 0) is 20.3 Å². The first kappa shape index (κ1) is 16.2. The average Bonchev–Trinajstić information content (AvgIpc) is 2.82. The van der Waals surface area contributed by atoms with E-state index in [-0.39, 0.29) is 18.5 Å². The number of carbonyl (C=O) groups is 2. The molecule has 1 rings (SSSR count). The lowest BCUT2D eigenvalue weighted by Gasteiger charge is -2.14. The second-order valence-corrected chi connectivity index (χ2v) is 4.86. The van der Waals surface area contributed by atoms with Crippen molar-refractivity contribution in [3.8, 4) is 0 Å². The standard InChI is InChI=1S/C13H22N4O3/c1-4-5-10(13(19)20)14-8-12(18)16-11-6-7-15-17(11)9(2)3/h6-7,9-10,14H,4-5,8H2,1-3H3,(H,16,18)(H,19,20). The summed E-state index contributed by atoms with van der Waals surface area (Å²) in [6.07, 6.45) is 2.85. The Morgan fingerprint density at radius 3 is 2.70 bits per heavy atom. The van der Waals surface area contributed by atoms with Crippen LogP contribution in [0, 0.1) is 0 Å². The topological polar surface area (TPSA) is 96.3 Å². The minimum absolute atomic E-state index is 0.0414. The highest BCUT2D eigenvalue weighted by molar-refractivity contribution is 5.91. The molecule has 1 heterocycles. The van der Waals surface area contributed by atoms with Gasteiger partial charge in [0.2, 0.25) is 5.91 Å². The van der Waals surface area contributed by atoms with Crippen LogP contribution in [-0.4, -0.2) is 39.4 Å². The van der Waals surface area contributed by atoms with Gasteiger partial charge in [-0.2, -0.15) is 5.10 Å². The summed E-state index contributed by atoms with van der Waals surface area (Å²) in [7, 11) is 0. The number of nitrogens with one attached hydrogen (secondary N) is 2. The molecular weight excluding hydrogens is 260 g/mol. The van der Waals surface area contributed by atoms with Crippen LogP contribution in [0.3, 0.4) is 0 Å². The van der Waals surface area contributed by atoms with E-state index in [0.29, 0.717) is 12.2 Å². The fraction of sp³-hybridized carbons (Fsp3) is 0.615. The first-order valence-corrected chi connectivity index (χ1v) is 6.75. The van der Waals surface area contributed by atoms with Gasteiger partial charge in [0.1, 0.15) is 11.9 Å². The predicted octanol–water partition coefficient (Wildman–Crippen LogP) is 1.25. The molecule has 3 N–H and O–H groups in total. The molecule has 0 saturated heterocycles. The minimum Gasteiger partial charge on any atom is -0.480 e. The van der Waals surface area contributed by atoms with Crippen molar-refractivity contribution in [3.05, 3.63) is 12.3 Å². The molecule has 1 unspecified atom stereocenters. The zero-order valence-corrected chi connectivity index (χ0v) is 12.1. The number of carboxylic acid groups (broad SMARTS) is 1. The summed E-state index contributed by atoms with van der Waals surface area (Å²) >= 11 is 0. The molecule has 0 saturated carbocycles. The van der Waals surface area contributed by atoms with Gasteiger partial charge >= 0.3 is 5.97 Å². The van der Waals surface area contributed by atoms with Crippen LogP contribution in [-0.2, 0) is 9.59 Å². The van der Waals surface area contributed by atoms with E-state index in [4.69, 9.17) is 5.11 Å². The number of carboxylic acids is 1. The normalized spacial score (nSPS) is 12.4. The van der Waals surface area contributed by atoms with E-state index in [9.17, 15) is 9.59 Å². The Morgan fingerprint density at radius 1 is 1.45 bits per heavy atom. The number of carbonyl (C=O) groups excluding carboxylic acids is 1. The van der Waals surface area contributed by atoms with Crippen LogP contribution in [0.2, 0.25) is 0 Å². The Bertz CT molecular complexity index is 456. The van der Waals surface area contributed by atoms with Crippen molar-refractivity contribution in [2.24, 2.45) is 0 Å². The summed E-state index contributed by atoms with van der Waals surface area (Å²) in [4.78, 5) is 22.8. The van der Waals surface area contributed by atoms with Gasteiger partial charge in [0.25, 0.3) is 0 Å². The molecule has 0 radical (unpaired) electrons. The first-order valence-electron chi connectivity index (χ1n) is 6.75. The summed E-state index contributed by atoms with van der Waals surface area (Å²) in [6.45, 7) is 5.78. The highest BCUT2D eigenvalue weighted by Crippen LogP contribution is 2.12. The van der Waals surface area contributed by atoms with E-state index >= 15 is 0 Å². The smallest absolute Gasteiger partial charge is 0.320 e. The first-order chi connectivity index (χ1) is 9.45. The molecule has 0 aliphatic heterocycles. The molecule has 0 aliphatic rings. The second-order valence-electron chi connectivity index (χ2n) is 4.86. The second kappa shape index (κ2) is 7.64. The van der Waals surface area contributed by atoms with E-state index in [1.807, 2.05) is 20.8 Å². The highest BCUT2D eigenvalue weighted by atomic mass is 16.4. The number of hydrogen-bond donors (Lipinski definition) is 3. The summed E-state index contributed by atoms with van der Waals surface area (Å²) in [6, 6.07) is 1.15. The molecule has 7 heteroatoms. The number of anilines is 1. The van der Waals surface area contributed by atoms with Crippen LogP contribution in [0.4, 0.5) is 5.82 Å². The third kappa shape index (κ3) is 4.65. The van der Waals surface area contributed by atoms with Crippen molar-refractivity contribution in [2.45, 2.75) is 45.7 Å². The monoisotopic (exact) mass is 282 g/mol. The van der Waals surface area contributed by atoms with Gasteiger partial charge in [0, 0.05) is 12.1 Å². The maximum atomic E-state index is 11.8. The Balaban J connectivity index is 2.51. The molecule has 0 spiro atoms. The van der Waals surface area contributed by atoms with Crippen LogP contribution < -0.4 is 10.6 Å². The van der Waals surface area contributed by atoms with Crippen molar-refractivity contribution in [1.29, 1.82) is 0 Å². The summed E-state index contributed by atoms with van der Waals surface area (Å²) < 4.78 is 1.69. The lowest BCUT2D eigenvalue weighted by Crippen LogP contribution is -2.41. The number of rotatable bonds is 8. The summed E-state index contributed by atoms with van der Waals surface area (Å²) in [5, 5.41) is 18.5. The summed E-state index contributed by atoms with van der Waals surface area (Å²) in [5.41, 5.74) is 0. The van der Waals surface area contributed by atoms with Crippen molar-refractivity contribution >= 4 is 17.7 Å². The largest absolute Gasteiger partial charge is 0.480 e. The Hall–Kier alpha value is -1.89. The molecular formula is C13H22N4O3. The van der Waals surface area contributed by atoms with E-state index in [1.54, 1.807) is 16.9 Å². The number of nitrogens with zero attached hydrogens (tertiary/aromatic N) is 2. The molecule has 1 amide bonds. The number of hydrogen-bond acceptors (Lipinski definition) is 4. The van der Waals surface area contributed by atoms with E-state index in [1.165, 1.54) is 0 Å². The lowest BCUT2D eigenvalue weighted by molar-refractivity contribution is -0.139. The quantitative estimate of drug-likeness (QED) is 0.666. The average molecular weight is 282 g/mol. The van der Waals surface area contributed by atoms with Gasteiger partial charge in [-0.3, -0.25) is 14.9 Å². The van der Waals surface area contributed by atoms with E-state index in [2.05, 4.69) is 15.7 Å². The molecule has 1 aromatic heterocycles. The van der Waals surface area contributed by atoms with E-state index in [0.717, 1.165) is 6.42 Å². The van der Waals surface area contributed by atoms with Gasteiger partial charge in [-0.15, -0.1) is 0 Å². The van der Waals surface area contributed by atoms with Crippen molar-refractivity contribution in [3.63, 3.8) is 0 Å². The van der Waals surface area contributed by atoms with Gasteiger partial charge in [-0.1, -0.05) is 13.3 Å². The third-order valence-electron chi connectivity index (χ3n) is 2.81. The van der Waals surface area contributed by atoms with Gasteiger partial charge in [0.15, 0.2) is 0 Å². The molecule has 0 bridgehead atoms. The lowest BCUT2D eigenvalue weighted by atomic mass is 10.2.